The molecule has 0 amide bonds. The number of methoxy groups -OCH3 is 1. The highest BCUT2D eigenvalue weighted by Crippen LogP contribution is 2.35. The van der Waals surface area contributed by atoms with Crippen molar-refractivity contribution >= 4 is 0 Å². The highest BCUT2D eigenvalue weighted by molar-refractivity contribution is 5.30. The van der Waals surface area contributed by atoms with Crippen LogP contribution < -0.4 is 10.5 Å². The lowest BCUT2D eigenvalue weighted by atomic mass is 10.1. The quantitative estimate of drug-likeness (QED) is 0.868. The number of rotatable bonds is 4. The van der Waals surface area contributed by atoms with E-state index in [9.17, 15) is 0 Å². The van der Waals surface area contributed by atoms with Crippen LogP contribution in [-0.4, -0.2) is 26.0 Å². The summed E-state index contributed by atoms with van der Waals surface area (Å²) in [5, 5.41) is 0. The molecule has 94 valence electrons. The molecule has 4 nitrogen and oxygen atoms in total. The second kappa shape index (κ2) is 5.04. The Morgan fingerprint density at radius 2 is 2.35 bits per heavy atom. The average molecular weight is 237 g/mol. The van der Waals surface area contributed by atoms with Crippen molar-refractivity contribution in [1.29, 1.82) is 0 Å². The average Bonchev–Trinajstić information content (AvgIpc) is 2.72. The fourth-order valence-corrected chi connectivity index (χ4v) is 2.02. The summed E-state index contributed by atoms with van der Waals surface area (Å²) in [6.07, 6.45) is 0.662. The van der Waals surface area contributed by atoms with E-state index in [0.717, 1.165) is 11.3 Å². The minimum atomic E-state index is -0.553. The van der Waals surface area contributed by atoms with Gasteiger partial charge < -0.3 is 19.9 Å². The normalized spacial score (nSPS) is 28.3. The van der Waals surface area contributed by atoms with Crippen molar-refractivity contribution in [1.82, 2.24) is 0 Å². The van der Waals surface area contributed by atoms with Gasteiger partial charge >= 0.3 is 0 Å². The molecule has 0 radical (unpaired) electrons. The maximum Gasteiger partial charge on any atom is 0.167 e. The summed E-state index contributed by atoms with van der Waals surface area (Å²) in [5.41, 5.74) is 6.62. The van der Waals surface area contributed by atoms with E-state index < -0.39 is 5.79 Å². The lowest BCUT2D eigenvalue weighted by Gasteiger charge is -2.22. The van der Waals surface area contributed by atoms with Gasteiger partial charge in [0.25, 0.3) is 0 Å². The molecule has 17 heavy (non-hydrogen) atoms. The van der Waals surface area contributed by atoms with E-state index in [1.807, 2.05) is 31.2 Å². The first-order chi connectivity index (χ1) is 8.17. The minimum absolute atomic E-state index is 0.0401. The maximum atomic E-state index is 5.92. The highest BCUT2D eigenvalue weighted by atomic mass is 16.7. The molecule has 1 heterocycles. The third-order valence-corrected chi connectivity index (χ3v) is 3.00. The van der Waals surface area contributed by atoms with E-state index in [0.29, 0.717) is 19.6 Å². The second-order valence-electron chi connectivity index (χ2n) is 4.37. The molecular weight excluding hydrogens is 218 g/mol. The molecule has 1 saturated heterocycles. The Balaban J connectivity index is 2.09. The molecule has 1 aliphatic rings. The molecule has 2 atom stereocenters. The topological polar surface area (TPSA) is 53.7 Å². The third kappa shape index (κ3) is 2.77. The first kappa shape index (κ1) is 12.4. The summed E-state index contributed by atoms with van der Waals surface area (Å²) in [7, 11) is 1.66. The van der Waals surface area contributed by atoms with Gasteiger partial charge in [0, 0.05) is 6.42 Å². The van der Waals surface area contributed by atoms with Gasteiger partial charge in [0.2, 0.25) is 0 Å². The van der Waals surface area contributed by atoms with E-state index in [1.54, 1.807) is 7.11 Å². The molecule has 2 rings (SSSR count). The van der Waals surface area contributed by atoms with Gasteiger partial charge in [-0.2, -0.15) is 0 Å². The number of ether oxygens (including phenoxy) is 3. The van der Waals surface area contributed by atoms with Crippen LogP contribution in [0.5, 0.6) is 5.75 Å². The zero-order valence-electron chi connectivity index (χ0n) is 10.3. The van der Waals surface area contributed by atoms with Crippen LogP contribution in [0.25, 0.3) is 0 Å². The summed E-state index contributed by atoms with van der Waals surface area (Å²) in [6, 6.07) is 7.86. The highest BCUT2D eigenvalue weighted by Gasteiger charge is 2.37. The van der Waals surface area contributed by atoms with Crippen molar-refractivity contribution in [2.24, 2.45) is 5.73 Å². The molecular formula is C13H19NO3. The van der Waals surface area contributed by atoms with E-state index in [2.05, 4.69) is 0 Å². The smallest absolute Gasteiger partial charge is 0.167 e. The lowest BCUT2D eigenvalue weighted by Crippen LogP contribution is -2.28. The Bertz CT molecular complexity index is 383. The fraction of sp³-hybridized carbons (Fsp3) is 0.538. The van der Waals surface area contributed by atoms with Gasteiger partial charge in [-0.25, -0.2) is 0 Å². The van der Waals surface area contributed by atoms with Crippen molar-refractivity contribution in [3.8, 4) is 5.75 Å². The first-order valence-electron chi connectivity index (χ1n) is 5.83. The molecule has 0 saturated carbocycles. The van der Waals surface area contributed by atoms with E-state index in [4.69, 9.17) is 19.9 Å². The third-order valence-electron chi connectivity index (χ3n) is 3.00. The predicted molar refractivity (Wildman–Crippen MR) is 64.8 cm³/mol. The van der Waals surface area contributed by atoms with Gasteiger partial charge in [-0.3, -0.25) is 0 Å². The summed E-state index contributed by atoms with van der Waals surface area (Å²) in [5.74, 6) is 0.279. The Morgan fingerprint density at radius 1 is 1.53 bits per heavy atom. The van der Waals surface area contributed by atoms with Crippen molar-refractivity contribution in [3.63, 3.8) is 0 Å². The predicted octanol–water partition coefficient (Wildman–Crippen LogP) is 1.85. The van der Waals surface area contributed by atoms with E-state index >= 15 is 0 Å². The van der Waals surface area contributed by atoms with Crippen molar-refractivity contribution in [2.45, 2.75) is 25.2 Å². The SMILES string of the molecule is COc1cccc(C2COC(C)(CCN)O2)c1. The number of nitrogens with two attached hydrogens (primary N) is 1. The molecule has 1 aromatic rings. The van der Waals surface area contributed by atoms with Gasteiger partial charge in [-0.1, -0.05) is 12.1 Å². The summed E-state index contributed by atoms with van der Waals surface area (Å²) < 4.78 is 16.8. The van der Waals surface area contributed by atoms with Crippen LogP contribution in [0, 0.1) is 0 Å². The van der Waals surface area contributed by atoms with Gasteiger partial charge in [0.05, 0.1) is 13.7 Å². The monoisotopic (exact) mass is 237 g/mol. The zero-order valence-corrected chi connectivity index (χ0v) is 10.3. The zero-order chi connectivity index (χ0) is 12.3. The number of hydrogen-bond acceptors (Lipinski definition) is 4. The Kier molecular flexibility index (Phi) is 3.66. The van der Waals surface area contributed by atoms with Crippen LogP contribution in [-0.2, 0) is 9.47 Å². The van der Waals surface area contributed by atoms with Gasteiger partial charge in [0.1, 0.15) is 11.9 Å². The standard InChI is InChI=1S/C13H19NO3/c1-13(6-7-14)16-9-12(17-13)10-4-3-5-11(8-10)15-2/h3-5,8,12H,6-7,9,14H2,1-2H3. The van der Waals surface area contributed by atoms with Crippen LogP contribution in [0.2, 0.25) is 0 Å². The van der Waals surface area contributed by atoms with Crippen LogP contribution in [0.3, 0.4) is 0 Å². The molecule has 0 bridgehead atoms. The van der Waals surface area contributed by atoms with Crippen LogP contribution in [0.4, 0.5) is 0 Å². The van der Waals surface area contributed by atoms with E-state index in [-0.39, 0.29) is 6.10 Å². The molecule has 0 aliphatic carbocycles. The van der Waals surface area contributed by atoms with Crippen LogP contribution in [0.15, 0.2) is 24.3 Å². The minimum Gasteiger partial charge on any atom is -0.497 e. The maximum absolute atomic E-state index is 5.92. The van der Waals surface area contributed by atoms with Crippen molar-refractivity contribution < 1.29 is 14.2 Å². The summed E-state index contributed by atoms with van der Waals surface area (Å²) in [4.78, 5) is 0. The van der Waals surface area contributed by atoms with Gasteiger partial charge in [-0.15, -0.1) is 0 Å². The van der Waals surface area contributed by atoms with Crippen molar-refractivity contribution in [3.05, 3.63) is 29.8 Å². The Hall–Kier alpha value is -1.10. The molecule has 4 heteroatoms. The molecule has 2 unspecified atom stereocenters. The van der Waals surface area contributed by atoms with Gasteiger partial charge in [-0.05, 0) is 31.2 Å². The molecule has 1 aliphatic heterocycles. The molecule has 2 N–H and O–H groups in total. The second-order valence-corrected chi connectivity index (χ2v) is 4.37. The van der Waals surface area contributed by atoms with Crippen LogP contribution >= 0.6 is 0 Å². The number of hydrogen-bond donors (Lipinski definition) is 1. The molecule has 1 aromatic carbocycles. The Morgan fingerprint density at radius 3 is 3.06 bits per heavy atom. The van der Waals surface area contributed by atoms with Gasteiger partial charge in [0.15, 0.2) is 5.79 Å². The lowest BCUT2D eigenvalue weighted by molar-refractivity contribution is -0.157. The first-order valence-corrected chi connectivity index (χ1v) is 5.83. The largest absolute Gasteiger partial charge is 0.497 e. The van der Waals surface area contributed by atoms with E-state index in [1.165, 1.54) is 0 Å². The molecule has 0 spiro atoms. The molecule has 0 aromatic heterocycles. The Labute approximate surface area is 102 Å². The summed E-state index contributed by atoms with van der Waals surface area (Å²) in [6.45, 7) is 3.05. The van der Waals surface area contributed by atoms with Crippen molar-refractivity contribution in [2.75, 3.05) is 20.3 Å². The summed E-state index contributed by atoms with van der Waals surface area (Å²) >= 11 is 0. The van der Waals surface area contributed by atoms with Crippen LogP contribution in [0.1, 0.15) is 25.0 Å². The number of benzene rings is 1. The fourth-order valence-electron chi connectivity index (χ4n) is 2.02. The molecule has 1 fully saturated rings.